The highest BCUT2D eigenvalue weighted by Crippen LogP contribution is 2.30. The molecule has 0 aromatic heterocycles. The number of hydrogen-bond donors (Lipinski definition) is 2. The molecule has 1 aromatic rings. The summed E-state index contributed by atoms with van der Waals surface area (Å²) in [6.45, 7) is 0.537. The van der Waals surface area contributed by atoms with Gasteiger partial charge in [-0.15, -0.1) is 0 Å². The lowest BCUT2D eigenvalue weighted by molar-refractivity contribution is -0.145. The summed E-state index contributed by atoms with van der Waals surface area (Å²) in [5, 5.41) is 12.1. The zero-order chi connectivity index (χ0) is 20.3. The molecule has 2 atom stereocenters. The molecule has 0 radical (unpaired) electrons. The van der Waals surface area contributed by atoms with Crippen molar-refractivity contribution < 1.29 is 24.3 Å². The van der Waals surface area contributed by atoms with E-state index >= 15 is 0 Å². The van der Waals surface area contributed by atoms with Gasteiger partial charge in [0, 0.05) is 24.0 Å². The summed E-state index contributed by atoms with van der Waals surface area (Å²) in [7, 11) is 0. The highest BCUT2D eigenvalue weighted by atomic mass is 79.9. The first-order valence-corrected chi connectivity index (χ1v) is 10.3. The number of carbonyl (C=O) groups excluding carboxylic acids is 3. The molecule has 1 heterocycles. The number of nitrogens with zero attached hydrogens (tertiary/aromatic N) is 1. The highest BCUT2D eigenvalue weighted by Gasteiger charge is 2.35. The number of hydrogen-bond acceptors (Lipinski definition) is 4. The Morgan fingerprint density at radius 1 is 1.14 bits per heavy atom. The van der Waals surface area contributed by atoms with Crippen LogP contribution in [-0.2, 0) is 9.59 Å². The van der Waals surface area contributed by atoms with Crippen LogP contribution in [0.3, 0.4) is 0 Å². The molecule has 150 valence electrons. The standard InChI is InChI=1S/C20H23BrN2O5/c21-13-7-8-15-16(10-13)19(26)23(18(15)25)9-3-6-17(24)22-11-12-4-1-2-5-14(12)20(27)28/h7-8,10,12,14H,1-6,9,11H2,(H,22,24)(H,27,28)/t12-,14-/m0/s1. The molecule has 1 aliphatic carbocycles. The lowest BCUT2D eigenvalue weighted by Crippen LogP contribution is -2.37. The third-order valence-corrected chi connectivity index (χ3v) is 6.00. The Kier molecular flexibility index (Phi) is 6.49. The zero-order valence-electron chi connectivity index (χ0n) is 15.4. The number of amides is 3. The first-order chi connectivity index (χ1) is 13.4. The van der Waals surface area contributed by atoms with E-state index in [1.807, 2.05) is 0 Å². The fraction of sp³-hybridized carbons (Fsp3) is 0.500. The van der Waals surface area contributed by atoms with Crippen LogP contribution in [0.1, 0.15) is 59.2 Å². The van der Waals surface area contributed by atoms with Crippen molar-refractivity contribution in [2.75, 3.05) is 13.1 Å². The second kappa shape index (κ2) is 8.86. The second-order valence-electron chi connectivity index (χ2n) is 7.35. The molecule has 2 aliphatic rings. The summed E-state index contributed by atoms with van der Waals surface area (Å²) in [5.74, 6) is -2.09. The molecule has 7 nitrogen and oxygen atoms in total. The monoisotopic (exact) mass is 450 g/mol. The maximum atomic E-state index is 12.4. The Hall–Kier alpha value is -2.22. The van der Waals surface area contributed by atoms with Crippen LogP contribution in [0.15, 0.2) is 22.7 Å². The molecule has 1 saturated carbocycles. The van der Waals surface area contributed by atoms with Crippen LogP contribution in [0.25, 0.3) is 0 Å². The summed E-state index contributed by atoms with van der Waals surface area (Å²) < 4.78 is 0.732. The number of carboxylic acids is 1. The van der Waals surface area contributed by atoms with E-state index in [-0.39, 0.29) is 36.6 Å². The molecule has 3 amide bonds. The fourth-order valence-corrected chi connectivity index (χ4v) is 4.34. The molecule has 0 bridgehead atoms. The largest absolute Gasteiger partial charge is 0.481 e. The number of fused-ring (bicyclic) bond motifs is 1. The van der Waals surface area contributed by atoms with E-state index in [1.165, 1.54) is 4.90 Å². The molecule has 3 rings (SSSR count). The number of nitrogens with one attached hydrogen (secondary N) is 1. The SMILES string of the molecule is O=C(CCCN1C(=O)c2ccc(Br)cc2C1=O)NC[C@@H]1CCCC[C@@H]1C(=O)O. The van der Waals surface area contributed by atoms with Crippen molar-refractivity contribution in [3.05, 3.63) is 33.8 Å². The van der Waals surface area contributed by atoms with Gasteiger partial charge in [0.2, 0.25) is 5.91 Å². The summed E-state index contributed by atoms with van der Waals surface area (Å²) in [5.41, 5.74) is 0.760. The topological polar surface area (TPSA) is 104 Å². The molecule has 1 fully saturated rings. The molecule has 0 saturated heterocycles. The maximum absolute atomic E-state index is 12.4. The van der Waals surface area contributed by atoms with E-state index in [1.54, 1.807) is 18.2 Å². The van der Waals surface area contributed by atoms with Gasteiger partial charge in [0.25, 0.3) is 11.8 Å². The minimum absolute atomic E-state index is 0.0371. The van der Waals surface area contributed by atoms with Gasteiger partial charge >= 0.3 is 5.97 Å². The number of aliphatic carboxylic acids is 1. The molecule has 0 unspecified atom stereocenters. The molecule has 2 N–H and O–H groups in total. The Morgan fingerprint density at radius 3 is 2.61 bits per heavy atom. The van der Waals surface area contributed by atoms with Gasteiger partial charge in [-0.1, -0.05) is 28.8 Å². The van der Waals surface area contributed by atoms with E-state index < -0.39 is 11.9 Å². The van der Waals surface area contributed by atoms with Crippen molar-refractivity contribution in [1.29, 1.82) is 0 Å². The van der Waals surface area contributed by atoms with E-state index in [0.717, 1.165) is 23.7 Å². The van der Waals surface area contributed by atoms with Crippen LogP contribution >= 0.6 is 15.9 Å². The minimum Gasteiger partial charge on any atom is -0.481 e. The predicted octanol–water partition coefficient (Wildman–Crippen LogP) is 2.83. The first-order valence-electron chi connectivity index (χ1n) is 9.53. The Morgan fingerprint density at radius 2 is 1.86 bits per heavy atom. The highest BCUT2D eigenvalue weighted by molar-refractivity contribution is 9.10. The van der Waals surface area contributed by atoms with Gasteiger partial charge in [-0.2, -0.15) is 0 Å². The Bertz CT molecular complexity index is 810. The van der Waals surface area contributed by atoms with Gasteiger partial charge in [0.15, 0.2) is 0 Å². The molecule has 8 heteroatoms. The van der Waals surface area contributed by atoms with Gasteiger partial charge in [-0.05, 0) is 43.4 Å². The lowest BCUT2D eigenvalue weighted by Gasteiger charge is -2.28. The van der Waals surface area contributed by atoms with E-state index in [0.29, 0.717) is 30.5 Å². The third kappa shape index (κ3) is 4.43. The molecular weight excluding hydrogens is 428 g/mol. The van der Waals surface area contributed by atoms with Crippen LogP contribution in [0.2, 0.25) is 0 Å². The van der Waals surface area contributed by atoms with Crippen LogP contribution < -0.4 is 5.32 Å². The second-order valence-corrected chi connectivity index (χ2v) is 8.26. The Balaban J connectivity index is 1.45. The lowest BCUT2D eigenvalue weighted by atomic mass is 9.79. The van der Waals surface area contributed by atoms with E-state index in [2.05, 4.69) is 21.2 Å². The van der Waals surface area contributed by atoms with Crippen molar-refractivity contribution >= 4 is 39.6 Å². The number of imide groups is 1. The Labute approximate surface area is 171 Å². The average Bonchev–Trinajstić information content (AvgIpc) is 2.90. The summed E-state index contributed by atoms with van der Waals surface area (Å²) in [4.78, 5) is 49.4. The summed E-state index contributed by atoms with van der Waals surface area (Å²) in [6, 6.07) is 4.97. The van der Waals surface area contributed by atoms with Crippen molar-refractivity contribution in [2.45, 2.75) is 38.5 Å². The smallest absolute Gasteiger partial charge is 0.306 e. The predicted molar refractivity (Wildman–Crippen MR) is 105 cm³/mol. The quantitative estimate of drug-likeness (QED) is 0.621. The van der Waals surface area contributed by atoms with Gasteiger partial charge in [-0.3, -0.25) is 24.1 Å². The molecule has 1 aliphatic heterocycles. The van der Waals surface area contributed by atoms with Crippen molar-refractivity contribution in [1.82, 2.24) is 10.2 Å². The number of benzene rings is 1. The van der Waals surface area contributed by atoms with E-state index in [4.69, 9.17) is 0 Å². The average molecular weight is 451 g/mol. The van der Waals surface area contributed by atoms with Crippen LogP contribution in [-0.4, -0.2) is 46.8 Å². The zero-order valence-corrected chi connectivity index (χ0v) is 17.0. The number of carboxylic acid groups (broad SMARTS) is 1. The van der Waals surface area contributed by atoms with Crippen LogP contribution in [0.4, 0.5) is 0 Å². The summed E-state index contributed by atoms with van der Waals surface area (Å²) in [6.07, 6.45) is 3.92. The molecular formula is C20H23BrN2O5. The van der Waals surface area contributed by atoms with Gasteiger partial charge < -0.3 is 10.4 Å². The van der Waals surface area contributed by atoms with Crippen molar-refractivity contribution in [2.24, 2.45) is 11.8 Å². The maximum Gasteiger partial charge on any atom is 0.306 e. The number of halogens is 1. The number of rotatable bonds is 7. The normalized spacial score (nSPS) is 21.5. The molecule has 28 heavy (non-hydrogen) atoms. The fourth-order valence-electron chi connectivity index (χ4n) is 3.97. The van der Waals surface area contributed by atoms with Crippen LogP contribution in [0.5, 0.6) is 0 Å². The summed E-state index contributed by atoms with van der Waals surface area (Å²) >= 11 is 3.30. The molecule has 0 spiro atoms. The first kappa shape index (κ1) is 20.5. The van der Waals surface area contributed by atoms with Gasteiger partial charge in [0.05, 0.1) is 17.0 Å². The third-order valence-electron chi connectivity index (χ3n) is 5.51. The van der Waals surface area contributed by atoms with Gasteiger partial charge in [-0.25, -0.2) is 0 Å². The van der Waals surface area contributed by atoms with Gasteiger partial charge in [0.1, 0.15) is 0 Å². The number of carbonyl (C=O) groups is 4. The van der Waals surface area contributed by atoms with Crippen molar-refractivity contribution in [3.8, 4) is 0 Å². The minimum atomic E-state index is -0.795. The van der Waals surface area contributed by atoms with E-state index in [9.17, 15) is 24.3 Å². The van der Waals surface area contributed by atoms with Crippen LogP contribution in [0, 0.1) is 11.8 Å². The molecule has 1 aromatic carbocycles. The van der Waals surface area contributed by atoms with Crippen molar-refractivity contribution in [3.63, 3.8) is 0 Å².